The fraction of sp³-hybridized carbons (Fsp3) is 0.160. The van der Waals surface area contributed by atoms with Gasteiger partial charge in [-0.25, -0.2) is 13.8 Å². The maximum Gasteiger partial charge on any atom is 0.417 e. The van der Waals surface area contributed by atoms with E-state index in [9.17, 15) is 35.1 Å². The van der Waals surface area contributed by atoms with E-state index in [1.165, 1.54) is 36.7 Å². The van der Waals surface area contributed by atoms with Crippen LogP contribution in [0.3, 0.4) is 0 Å². The van der Waals surface area contributed by atoms with Crippen molar-refractivity contribution < 1.29 is 35.1 Å². The minimum atomic E-state index is -5.02. The molecule has 0 spiro atoms. The molecule has 4 aromatic rings. The lowest BCUT2D eigenvalue weighted by Gasteiger charge is -2.21. The van der Waals surface area contributed by atoms with Crippen LogP contribution >= 0.6 is 0 Å². The zero-order chi connectivity index (χ0) is 27.2. The van der Waals surface area contributed by atoms with Gasteiger partial charge in [-0.1, -0.05) is 18.2 Å². The van der Waals surface area contributed by atoms with Crippen molar-refractivity contribution in [3.05, 3.63) is 94.4 Å². The van der Waals surface area contributed by atoms with Gasteiger partial charge < -0.3 is 4.98 Å². The Balaban J connectivity index is 1.34. The van der Waals surface area contributed by atoms with E-state index < -0.39 is 40.7 Å². The van der Waals surface area contributed by atoms with Gasteiger partial charge in [0.05, 0.1) is 53.1 Å². The van der Waals surface area contributed by atoms with Gasteiger partial charge in [-0.2, -0.15) is 31.4 Å². The molecule has 0 saturated heterocycles. The van der Waals surface area contributed by atoms with Gasteiger partial charge in [0.25, 0.3) is 0 Å². The molecular weight excluding hydrogens is 522 g/mol. The first-order valence-electron chi connectivity index (χ1n) is 11.0. The second-order valence-electron chi connectivity index (χ2n) is 8.42. The van der Waals surface area contributed by atoms with Gasteiger partial charge in [0.2, 0.25) is 0 Å². The highest BCUT2D eigenvalue weighted by molar-refractivity contribution is 5.80. The first kappa shape index (κ1) is 25.4. The molecule has 1 N–H and O–H groups in total. The molecule has 3 heterocycles. The minimum absolute atomic E-state index is 0.0411. The summed E-state index contributed by atoms with van der Waals surface area (Å²) < 4.78 is 107. The Labute approximate surface area is 209 Å². The number of alkyl halides is 6. The van der Waals surface area contributed by atoms with Gasteiger partial charge in [0.1, 0.15) is 5.82 Å². The number of nitrogens with zero attached hydrogens (tertiary/aromatic N) is 4. The molecule has 5 rings (SSSR count). The third-order valence-corrected chi connectivity index (χ3v) is 5.82. The van der Waals surface area contributed by atoms with Crippen LogP contribution in [0.25, 0.3) is 22.6 Å². The molecular formula is C25H15F8N5. The van der Waals surface area contributed by atoms with E-state index in [1.807, 2.05) is 0 Å². The van der Waals surface area contributed by atoms with Crippen molar-refractivity contribution >= 4 is 6.21 Å². The molecule has 0 fully saturated rings. The number of benzene rings is 2. The molecule has 0 bridgehead atoms. The highest BCUT2D eigenvalue weighted by Gasteiger charge is 2.38. The van der Waals surface area contributed by atoms with Crippen LogP contribution in [0.1, 0.15) is 28.1 Å². The predicted octanol–water partition coefficient (Wildman–Crippen LogP) is 6.80. The van der Waals surface area contributed by atoms with Crippen LogP contribution < -0.4 is 0 Å². The zero-order valence-electron chi connectivity index (χ0n) is 19.0. The number of imidazole rings is 1. The van der Waals surface area contributed by atoms with E-state index in [0.717, 1.165) is 12.1 Å². The van der Waals surface area contributed by atoms with Gasteiger partial charge in [-0.15, -0.1) is 0 Å². The Morgan fingerprint density at radius 1 is 0.895 bits per heavy atom. The lowest BCUT2D eigenvalue weighted by molar-refractivity contribution is -0.142. The molecule has 1 aliphatic heterocycles. The average molecular weight is 537 g/mol. The Morgan fingerprint density at radius 3 is 2.37 bits per heavy atom. The number of H-pyrrole nitrogens is 1. The SMILES string of the molecule is Fc1cccc(-c2nc3c([nH]2)C=NN(Cc2ccc(-c4ccc(C(F)(F)F)cc4C(F)(F)F)nc2)C3)c1F. The van der Waals surface area contributed by atoms with Crippen molar-refractivity contribution in [1.82, 2.24) is 20.0 Å². The minimum Gasteiger partial charge on any atom is -0.337 e. The molecule has 0 amide bonds. The first-order valence-corrected chi connectivity index (χ1v) is 11.0. The van der Waals surface area contributed by atoms with E-state index in [4.69, 9.17) is 0 Å². The van der Waals surface area contributed by atoms with Gasteiger partial charge in [-0.05, 0) is 35.9 Å². The third-order valence-electron chi connectivity index (χ3n) is 5.82. The van der Waals surface area contributed by atoms with Crippen LogP contribution in [-0.4, -0.2) is 26.2 Å². The predicted molar refractivity (Wildman–Crippen MR) is 120 cm³/mol. The molecule has 0 atom stereocenters. The maximum atomic E-state index is 14.1. The van der Waals surface area contributed by atoms with Crippen LogP contribution in [-0.2, 0) is 25.4 Å². The number of hydrazone groups is 1. The number of hydrogen-bond donors (Lipinski definition) is 1. The monoisotopic (exact) mass is 537 g/mol. The molecule has 5 nitrogen and oxygen atoms in total. The Kier molecular flexibility index (Phi) is 6.16. The third kappa shape index (κ3) is 4.95. The van der Waals surface area contributed by atoms with Gasteiger partial charge in [-0.3, -0.25) is 9.99 Å². The smallest absolute Gasteiger partial charge is 0.337 e. The van der Waals surface area contributed by atoms with Crippen LogP contribution in [0.15, 0.2) is 59.8 Å². The summed E-state index contributed by atoms with van der Waals surface area (Å²) in [6, 6.07) is 7.90. The van der Waals surface area contributed by atoms with E-state index in [0.29, 0.717) is 23.0 Å². The molecule has 13 heteroatoms. The Morgan fingerprint density at radius 2 is 1.68 bits per heavy atom. The zero-order valence-corrected chi connectivity index (χ0v) is 19.0. The molecule has 0 radical (unpaired) electrons. The molecule has 38 heavy (non-hydrogen) atoms. The normalized spacial score (nSPS) is 13.6. The quantitative estimate of drug-likeness (QED) is 0.291. The van der Waals surface area contributed by atoms with Crippen LogP contribution in [0.4, 0.5) is 35.1 Å². The maximum absolute atomic E-state index is 14.1. The second kappa shape index (κ2) is 9.23. The number of halogens is 8. The van der Waals surface area contributed by atoms with E-state index in [2.05, 4.69) is 20.1 Å². The molecule has 196 valence electrons. The summed E-state index contributed by atoms with van der Waals surface area (Å²) in [5, 5.41) is 5.83. The summed E-state index contributed by atoms with van der Waals surface area (Å²) in [5.74, 6) is -1.93. The van der Waals surface area contributed by atoms with Gasteiger partial charge >= 0.3 is 12.4 Å². The highest BCUT2D eigenvalue weighted by atomic mass is 19.4. The van der Waals surface area contributed by atoms with Crippen LogP contribution in [0.5, 0.6) is 0 Å². The summed E-state index contributed by atoms with van der Waals surface area (Å²) in [4.78, 5) is 11.2. The lowest BCUT2D eigenvalue weighted by Crippen LogP contribution is -2.21. The molecule has 2 aromatic heterocycles. The summed E-state index contributed by atoms with van der Waals surface area (Å²) in [5.41, 5.74) is -1.93. The fourth-order valence-corrected chi connectivity index (χ4v) is 3.98. The van der Waals surface area contributed by atoms with Crippen molar-refractivity contribution in [3.63, 3.8) is 0 Å². The summed E-state index contributed by atoms with van der Waals surface area (Å²) in [6.45, 7) is 0.372. The molecule has 0 aliphatic carbocycles. The lowest BCUT2D eigenvalue weighted by atomic mass is 9.99. The number of aromatic nitrogens is 3. The second-order valence-corrected chi connectivity index (χ2v) is 8.42. The van der Waals surface area contributed by atoms with E-state index in [-0.39, 0.29) is 36.2 Å². The van der Waals surface area contributed by atoms with Crippen molar-refractivity contribution in [2.45, 2.75) is 25.4 Å². The number of pyridine rings is 1. The van der Waals surface area contributed by atoms with Gasteiger partial charge in [0.15, 0.2) is 11.6 Å². The molecule has 2 aromatic carbocycles. The van der Waals surface area contributed by atoms with E-state index >= 15 is 0 Å². The Bertz CT molecular complexity index is 1520. The molecule has 0 unspecified atom stereocenters. The van der Waals surface area contributed by atoms with Crippen molar-refractivity contribution in [3.8, 4) is 22.6 Å². The van der Waals surface area contributed by atoms with Crippen molar-refractivity contribution in [2.24, 2.45) is 5.10 Å². The van der Waals surface area contributed by atoms with Gasteiger partial charge in [0, 0.05) is 11.8 Å². The van der Waals surface area contributed by atoms with E-state index in [1.54, 1.807) is 5.01 Å². The number of rotatable bonds is 4. The van der Waals surface area contributed by atoms with Crippen LogP contribution in [0.2, 0.25) is 0 Å². The number of hydrogen-bond acceptors (Lipinski definition) is 4. The summed E-state index contributed by atoms with van der Waals surface area (Å²) in [6.07, 6.45) is -7.19. The van der Waals surface area contributed by atoms with Crippen LogP contribution in [0, 0.1) is 11.6 Å². The molecule has 0 saturated carbocycles. The summed E-state index contributed by atoms with van der Waals surface area (Å²) >= 11 is 0. The average Bonchev–Trinajstić information content (AvgIpc) is 3.28. The topological polar surface area (TPSA) is 57.2 Å². The number of fused-ring (bicyclic) bond motifs is 1. The van der Waals surface area contributed by atoms with Crippen molar-refractivity contribution in [1.29, 1.82) is 0 Å². The summed E-state index contributed by atoms with van der Waals surface area (Å²) in [7, 11) is 0. The van der Waals surface area contributed by atoms with Crippen molar-refractivity contribution in [2.75, 3.05) is 0 Å². The Hall–Kier alpha value is -4.29. The standard InChI is InChI=1S/C25H15F8N5/c26-18-3-1-2-16(22(18)27)23-36-20-10-35-38(12-21(20)37-23)11-13-4-7-19(34-9-13)15-6-5-14(24(28,29)30)8-17(15)25(31,32)33/h1-10H,11-12H2,(H,36,37). The largest absolute Gasteiger partial charge is 0.417 e. The molecule has 1 aliphatic rings. The fourth-order valence-electron chi connectivity index (χ4n) is 3.98. The highest BCUT2D eigenvalue weighted by Crippen LogP contribution is 2.40. The first-order chi connectivity index (χ1) is 17.9. The number of nitrogens with one attached hydrogen (secondary N) is 1. The number of aromatic amines is 1.